The van der Waals surface area contributed by atoms with E-state index in [0.717, 1.165) is 33.5 Å². The first-order valence-corrected chi connectivity index (χ1v) is 6.92. The second-order valence-electron chi connectivity index (χ2n) is 4.51. The van der Waals surface area contributed by atoms with Crippen LogP contribution in [0.25, 0.3) is 10.9 Å². The molecule has 0 fully saturated rings. The molecule has 0 amide bonds. The molecular formula is C15H17NOS. The molecule has 18 heavy (non-hydrogen) atoms. The van der Waals surface area contributed by atoms with E-state index in [9.17, 15) is 4.79 Å². The highest BCUT2D eigenvalue weighted by molar-refractivity contribution is 7.99. The predicted molar refractivity (Wildman–Crippen MR) is 78.5 cm³/mol. The summed E-state index contributed by atoms with van der Waals surface area (Å²) in [7, 11) is 2.01. The van der Waals surface area contributed by atoms with Crippen molar-refractivity contribution in [3.63, 3.8) is 0 Å². The van der Waals surface area contributed by atoms with Gasteiger partial charge >= 0.3 is 0 Å². The molecule has 0 aliphatic rings. The zero-order chi connectivity index (χ0) is 13.1. The number of carbonyl (C=O) groups excluding carboxylic acids is 1. The minimum Gasteiger partial charge on any atom is -0.338 e. The van der Waals surface area contributed by atoms with Gasteiger partial charge in [0, 0.05) is 23.7 Å². The Labute approximate surface area is 112 Å². The number of benzene rings is 1. The number of fused-ring (bicyclic) bond motifs is 1. The van der Waals surface area contributed by atoms with Crippen LogP contribution in [-0.4, -0.2) is 16.6 Å². The minimum absolute atomic E-state index is 0.806. The summed E-state index contributed by atoms with van der Waals surface area (Å²) in [6.07, 6.45) is 3.14. The highest BCUT2D eigenvalue weighted by Gasteiger charge is 2.13. The molecule has 2 rings (SSSR count). The summed E-state index contributed by atoms with van der Waals surface area (Å²) in [6.45, 7) is 4.17. The Hall–Kier alpha value is -1.48. The molecule has 1 aromatic carbocycles. The van der Waals surface area contributed by atoms with Crippen LogP contribution in [0.5, 0.6) is 0 Å². The van der Waals surface area contributed by atoms with Gasteiger partial charge in [0.25, 0.3) is 0 Å². The van der Waals surface area contributed by atoms with Gasteiger partial charge in [-0.1, -0.05) is 29.8 Å². The number of hydrogen-bond donors (Lipinski definition) is 0. The van der Waals surface area contributed by atoms with E-state index in [4.69, 9.17) is 0 Å². The van der Waals surface area contributed by atoms with Crippen molar-refractivity contribution in [3.8, 4) is 0 Å². The van der Waals surface area contributed by atoms with Crippen LogP contribution in [0, 0.1) is 0 Å². The first-order chi connectivity index (χ1) is 8.65. The number of rotatable bonds is 4. The summed E-state index contributed by atoms with van der Waals surface area (Å²) in [5, 5.41) is 2.08. The molecule has 0 unspecified atom stereocenters. The number of aryl methyl sites for hydroxylation is 1. The molecular weight excluding hydrogens is 242 g/mol. The Morgan fingerprint density at radius 1 is 1.33 bits per heavy atom. The monoisotopic (exact) mass is 259 g/mol. The molecule has 0 atom stereocenters. The van der Waals surface area contributed by atoms with E-state index < -0.39 is 0 Å². The second-order valence-corrected chi connectivity index (χ2v) is 5.51. The van der Waals surface area contributed by atoms with Crippen LogP contribution in [0.15, 0.2) is 40.9 Å². The van der Waals surface area contributed by atoms with E-state index in [1.165, 1.54) is 5.57 Å². The normalized spacial score (nSPS) is 10.6. The SMILES string of the molecule is CC(C)=CCSc1c(C=O)c2ccccc2n1C. The van der Waals surface area contributed by atoms with Gasteiger partial charge in [-0.25, -0.2) is 0 Å². The van der Waals surface area contributed by atoms with Crippen LogP contribution in [0.1, 0.15) is 24.2 Å². The fourth-order valence-corrected chi connectivity index (χ4v) is 3.15. The van der Waals surface area contributed by atoms with Crippen molar-refractivity contribution in [3.05, 3.63) is 41.5 Å². The Bertz CT molecular complexity index is 606. The van der Waals surface area contributed by atoms with Crippen molar-refractivity contribution in [1.29, 1.82) is 0 Å². The van der Waals surface area contributed by atoms with Gasteiger partial charge in [-0.15, -0.1) is 11.8 Å². The van der Waals surface area contributed by atoms with E-state index in [2.05, 4.69) is 24.5 Å². The summed E-state index contributed by atoms with van der Waals surface area (Å²) >= 11 is 1.71. The summed E-state index contributed by atoms with van der Waals surface area (Å²) in [5.41, 5.74) is 3.22. The van der Waals surface area contributed by atoms with Crippen LogP contribution < -0.4 is 0 Å². The van der Waals surface area contributed by atoms with E-state index in [-0.39, 0.29) is 0 Å². The highest BCUT2D eigenvalue weighted by atomic mass is 32.2. The molecule has 0 bridgehead atoms. The molecule has 1 heterocycles. The topological polar surface area (TPSA) is 22.0 Å². The van der Waals surface area contributed by atoms with E-state index in [1.54, 1.807) is 11.8 Å². The number of thioether (sulfide) groups is 1. The largest absolute Gasteiger partial charge is 0.338 e. The second kappa shape index (κ2) is 5.44. The first-order valence-electron chi connectivity index (χ1n) is 5.94. The molecule has 0 radical (unpaired) electrons. The van der Waals surface area contributed by atoms with E-state index in [0.29, 0.717) is 0 Å². The van der Waals surface area contributed by atoms with E-state index in [1.807, 2.05) is 31.3 Å². The van der Waals surface area contributed by atoms with Crippen molar-refractivity contribution in [2.75, 3.05) is 5.75 Å². The van der Waals surface area contributed by atoms with Crippen LogP contribution in [-0.2, 0) is 7.05 Å². The fourth-order valence-electron chi connectivity index (χ4n) is 1.97. The maximum absolute atomic E-state index is 11.3. The van der Waals surface area contributed by atoms with Gasteiger partial charge in [0.05, 0.1) is 10.6 Å². The molecule has 2 nitrogen and oxygen atoms in total. The smallest absolute Gasteiger partial charge is 0.153 e. The van der Waals surface area contributed by atoms with Gasteiger partial charge in [0.2, 0.25) is 0 Å². The number of hydrogen-bond acceptors (Lipinski definition) is 2. The standard InChI is InChI=1S/C15H17NOS/c1-11(2)8-9-18-15-13(10-17)12-6-4-5-7-14(12)16(15)3/h4-8,10H,9H2,1-3H3. The number of aromatic nitrogens is 1. The average molecular weight is 259 g/mol. The highest BCUT2D eigenvalue weighted by Crippen LogP contribution is 2.31. The molecule has 94 valence electrons. The van der Waals surface area contributed by atoms with Crippen LogP contribution in [0.2, 0.25) is 0 Å². The summed E-state index contributed by atoms with van der Waals surface area (Å²) < 4.78 is 2.10. The summed E-state index contributed by atoms with van der Waals surface area (Å²) in [4.78, 5) is 11.3. The Morgan fingerprint density at radius 2 is 2.06 bits per heavy atom. The number of para-hydroxylation sites is 1. The lowest BCUT2D eigenvalue weighted by Crippen LogP contribution is -1.92. The maximum Gasteiger partial charge on any atom is 0.153 e. The minimum atomic E-state index is 0.806. The fraction of sp³-hybridized carbons (Fsp3) is 0.267. The van der Waals surface area contributed by atoms with Crippen molar-refractivity contribution in [2.45, 2.75) is 18.9 Å². The van der Waals surface area contributed by atoms with Gasteiger partial charge in [0.1, 0.15) is 0 Å². The van der Waals surface area contributed by atoms with Gasteiger partial charge < -0.3 is 4.57 Å². The van der Waals surface area contributed by atoms with E-state index >= 15 is 0 Å². The lowest BCUT2D eigenvalue weighted by molar-refractivity contribution is 0.112. The van der Waals surface area contributed by atoms with Crippen molar-refractivity contribution in [2.24, 2.45) is 7.05 Å². The van der Waals surface area contributed by atoms with Gasteiger partial charge in [-0.2, -0.15) is 0 Å². The third kappa shape index (κ3) is 2.36. The maximum atomic E-state index is 11.3. The Balaban J connectivity index is 2.46. The zero-order valence-corrected chi connectivity index (χ0v) is 11.8. The van der Waals surface area contributed by atoms with Gasteiger partial charge in [-0.05, 0) is 19.9 Å². The Morgan fingerprint density at radius 3 is 2.72 bits per heavy atom. The molecule has 2 aromatic rings. The van der Waals surface area contributed by atoms with Crippen LogP contribution >= 0.6 is 11.8 Å². The molecule has 0 spiro atoms. The van der Waals surface area contributed by atoms with Crippen molar-refractivity contribution >= 4 is 29.0 Å². The molecule has 0 saturated heterocycles. The quantitative estimate of drug-likeness (QED) is 0.469. The third-order valence-corrected chi connectivity index (χ3v) is 4.02. The summed E-state index contributed by atoms with van der Waals surface area (Å²) in [6, 6.07) is 8.03. The zero-order valence-electron chi connectivity index (χ0n) is 10.9. The first kappa shape index (κ1) is 13.0. The molecule has 0 saturated carbocycles. The number of carbonyl (C=O) groups is 1. The van der Waals surface area contributed by atoms with Crippen molar-refractivity contribution in [1.82, 2.24) is 4.57 Å². The summed E-state index contributed by atoms with van der Waals surface area (Å²) in [5.74, 6) is 0.896. The lowest BCUT2D eigenvalue weighted by Gasteiger charge is -2.03. The molecule has 0 N–H and O–H groups in total. The number of allylic oxidation sites excluding steroid dienone is 1. The average Bonchev–Trinajstić information content (AvgIpc) is 2.63. The predicted octanol–water partition coefficient (Wildman–Crippen LogP) is 4.05. The molecule has 0 aliphatic heterocycles. The van der Waals surface area contributed by atoms with Crippen molar-refractivity contribution < 1.29 is 4.79 Å². The molecule has 1 aromatic heterocycles. The van der Waals surface area contributed by atoms with Gasteiger partial charge in [0.15, 0.2) is 6.29 Å². The number of aldehydes is 1. The van der Waals surface area contributed by atoms with Crippen LogP contribution in [0.3, 0.4) is 0 Å². The molecule has 3 heteroatoms. The van der Waals surface area contributed by atoms with Crippen LogP contribution in [0.4, 0.5) is 0 Å². The molecule has 0 aliphatic carbocycles. The lowest BCUT2D eigenvalue weighted by atomic mass is 10.2. The Kier molecular flexibility index (Phi) is 3.92. The van der Waals surface area contributed by atoms with Gasteiger partial charge in [-0.3, -0.25) is 4.79 Å². The number of nitrogens with zero attached hydrogens (tertiary/aromatic N) is 1. The third-order valence-electron chi connectivity index (χ3n) is 2.92.